The predicted octanol–water partition coefficient (Wildman–Crippen LogP) is 3.71. The molecule has 0 aliphatic rings. The molecule has 0 saturated heterocycles. The number of tetrazole rings is 1. The van der Waals surface area contributed by atoms with E-state index >= 15 is 0 Å². The molecule has 0 fully saturated rings. The van der Waals surface area contributed by atoms with E-state index in [2.05, 4.69) is 20.6 Å². The number of hydrogen-bond acceptors (Lipinski definition) is 6. The monoisotopic (exact) mass is 367 g/mol. The second-order valence-electron chi connectivity index (χ2n) is 5.53. The summed E-state index contributed by atoms with van der Waals surface area (Å²) < 4.78 is 10.8. The molecule has 0 bridgehead atoms. The van der Waals surface area contributed by atoms with Gasteiger partial charge in [-0.1, -0.05) is 28.9 Å². The van der Waals surface area contributed by atoms with E-state index in [0.717, 1.165) is 16.9 Å². The number of aromatic nitrogens is 5. The van der Waals surface area contributed by atoms with Crippen LogP contribution in [0.4, 0.5) is 0 Å². The number of para-hydroxylation sites is 1. The largest absolute Gasteiger partial charge is 0.496 e. The predicted molar refractivity (Wildman–Crippen MR) is 95.9 cm³/mol. The first-order chi connectivity index (χ1) is 12.7. The molecule has 2 heterocycles. The Morgan fingerprint density at radius 2 is 1.92 bits per heavy atom. The number of hydrogen-bond donors (Lipinski definition) is 0. The molecule has 0 radical (unpaired) electrons. The quantitative estimate of drug-likeness (QED) is 0.535. The first-order valence-electron chi connectivity index (χ1n) is 7.85. The van der Waals surface area contributed by atoms with Gasteiger partial charge in [-0.3, -0.25) is 0 Å². The van der Waals surface area contributed by atoms with E-state index < -0.39 is 0 Å². The number of rotatable bonds is 5. The van der Waals surface area contributed by atoms with Gasteiger partial charge >= 0.3 is 0 Å². The van der Waals surface area contributed by atoms with Gasteiger partial charge in [-0.05, 0) is 41.6 Å². The van der Waals surface area contributed by atoms with Gasteiger partial charge in [0.1, 0.15) is 18.0 Å². The molecule has 0 saturated carbocycles. The van der Waals surface area contributed by atoms with Crippen LogP contribution in [0.2, 0.25) is 5.02 Å². The molecule has 2 aromatic carbocycles. The molecule has 4 aromatic rings. The van der Waals surface area contributed by atoms with Crippen LogP contribution in [0.1, 0.15) is 5.76 Å². The van der Waals surface area contributed by atoms with Crippen LogP contribution in [0.3, 0.4) is 0 Å². The minimum atomic E-state index is 0.322. The van der Waals surface area contributed by atoms with Crippen LogP contribution >= 0.6 is 11.6 Å². The molecule has 4 rings (SSSR count). The van der Waals surface area contributed by atoms with Crippen LogP contribution in [0, 0.1) is 0 Å². The fourth-order valence-corrected chi connectivity index (χ4v) is 2.66. The van der Waals surface area contributed by atoms with Crippen LogP contribution in [-0.2, 0) is 6.54 Å². The highest BCUT2D eigenvalue weighted by atomic mass is 35.5. The Bertz CT molecular complexity index is 1030. The van der Waals surface area contributed by atoms with Gasteiger partial charge in [0.05, 0.1) is 7.11 Å². The van der Waals surface area contributed by atoms with Crippen molar-refractivity contribution in [3.8, 4) is 28.4 Å². The van der Waals surface area contributed by atoms with Crippen LogP contribution in [0.5, 0.6) is 5.75 Å². The molecule has 7 nitrogen and oxygen atoms in total. The molecule has 8 heteroatoms. The normalized spacial score (nSPS) is 10.8. The molecular weight excluding hydrogens is 354 g/mol. The van der Waals surface area contributed by atoms with Crippen molar-refractivity contribution in [2.24, 2.45) is 0 Å². The third kappa shape index (κ3) is 3.29. The number of benzene rings is 2. The van der Waals surface area contributed by atoms with E-state index in [4.69, 9.17) is 20.9 Å². The van der Waals surface area contributed by atoms with Gasteiger partial charge in [-0.25, -0.2) is 0 Å². The molecule has 2 aromatic heterocycles. The highest BCUT2D eigenvalue weighted by Gasteiger charge is 2.13. The summed E-state index contributed by atoms with van der Waals surface area (Å²) in [5, 5.41) is 17.2. The van der Waals surface area contributed by atoms with Gasteiger partial charge in [0, 0.05) is 22.2 Å². The Balaban J connectivity index is 1.54. The number of halogens is 1. The fourth-order valence-electron chi connectivity index (χ4n) is 2.53. The van der Waals surface area contributed by atoms with Crippen LogP contribution in [0.15, 0.2) is 59.1 Å². The van der Waals surface area contributed by atoms with Crippen LogP contribution < -0.4 is 4.74 Å². The topological polar surface area (TPSA) is 78.9 Å². The zero-order valence-corrected chi connectivity index (χ0v) is 14.6. The molecule has 0 spiro atoms. The third-order valence-corrected chi connectivity index (χ3v) is 4.05. The summed E-state index contributed by atoms with van der Waals surface area (Å²) in [5.74, 6) is 1.87. The zero-order chi connectivity index (χ0) is 17.9. The van der Waals surface area contributed by atoms with Crippen molar-refractivity contribution in [1.82, 2.24) is 25.4 Å². The van der Waals surface area contributed by atoms with Gasteiger partial charge in [0.25, 0.3) is 0 Å². The molecule has 0 unspecified atom stereocenters. The lowest BCUT2D eigenvalue weighted by Crippen LogP contribution is -2.03. The Morgan fingerprint density at radius 1 is 1.12 bits per heavy atom. The highest BCUT2D eigenvalue weighted by molar-refractivity contribution is 6.30. The van der Waals surface area contributed by atoms with Gasteiger partial charge in [0.2, 0.25) is 5.82 Å². The fraction of sp³-hybridized carbons (Fsp3) is 0.111. The maximum absolute atomic E-state index is 5.90. The van der Waals surface area contributed by atoms with Gasteiger partial charge < -0.3 is 9.26 Å². The lowest BCUT2D eigenvalue weighted by molar-refractivity contribution is 0.363. The molecule has 0 atom stereocenters. The summed E-state index contributed by atoms with van der Waals surface area (Å²) in [6.07, 6.45) is 0. The lowest BCUT2D eigenvalue weighted by atomic mass is 10.1. The molecule has 130 valence electrons. The summed E-state index contributed by atoms with van der Waals surface area (Å²) in [5.41, 5.74) is 2.39. The Hall–Kier alpha value is -3.19. The standard InChI is InChI=1S/C18H14ClN5O2/c1-25-17-5-3-2-4-15(17)16-10-14(26-22-16)11-24-21-18(20-23-24)12-6-8-13(19)9-7-12/h2-10H,11H2,1H3. The Labute approximate surface area is 154 Å². The summed E-state index contributed by atoms with van der Waals surface area (Å²) in [6, 6.07) is 16.7. The minimum absolute atomic E-state index is 0.322. The van der Waals surface area contributed by atoms with Crippen LogP contribution in [-0.4, -0.2) is 32.5 Å². The number of ether oxygens (including phenoxy) is 1. The van der Waals surface area contributed by atoms with E-state index in [1.54, 1.807) is 19.2 Å². The summed E-state index contributed by atoms with van der Waals surface area (Å²) >= 11 is 5.90. The van der Waals surface area contributed by atoms with Crippen molar-refractivity contribution in [2.45, 2.75) is 6.54 Å². The Kier molecular flexibility index (Phi) is 4.37. The van der Waals surface area contributed by atoms with E-state index in [1.165, 1.54) is 4.80 Å². The first-order valence-corrected chi connectivity index (χ1v) is 8.23. The van der Waals surface area contributed by atoms with E-state index in [0.29, 0.717) is 28.8 Å². The number of methoxy groups -OCH3 is 1. The van der Waals surface area contributed by atoms with Crippen molar-refractivity contribution in [3.05, 3.63) is 65.4 Å². The van der Waals surface area contributed by atoms with Crippen molar-refractivity contribution >= 4 is 11.6 Å². The summed E-state index contributed by atoms with van der Waals surface area (Å²) in [4.78, 5) is 1.45. The van der Waals surface area contributed by atoms with Crippen LogP contribution in [0.25, 0.3) is 22.6 Å². The smallest absolute Gasteiger partial charge is 0.204 e. The first kappa shape index (κ1) is 16.3. The van der Waals surface area contributed by atoms with Gasteiger partial charge in [-0.15, -0.1) is 10.2 Å². The molecule has 0 N–H and O–H groups in total. The maximum atomic E-state index is 5.90. The molecule has 0 aliphatic heterocycles. The summed E-state index contributed by atoms with van der Waals surface area (Å²) in [7, 11) is 1.62. The van der Waals surface area contributed by atoms with E-state index in [9.17, 15) is 0 Å². The molecular formula is C18H14ClN5O2. The number of nitrogens with zero attached hydrogens (tertiary/aromatic N) is 5. The average molecular weight is 368 g/mol. The molecule has 0 aliphatic carbocycles. The third-order valence-electron chi connectivity index (χ3n) is 3.79. The lowest BCUT2D eigenvalue weighted by Gasteiger charge is -2.03. The maximum Gasteiger partial charge on any atom is 0.204 e. The average Bonchev–Trinajstić information content (AvgIpc) is 3.32. The SMILES string of the molecule is COc1ccccc1-c1cc(Cn2nnc(-c3ccc(Cl)cc3)n2)on1. The molecule has 26 heavy (non-hydrogen) atoms. The molecule has 0 amide bonds. The zero-order valence-electron chi connectivity index (χ0n) is 13.8. The highest BCUT2D eigenvalue weighted by Crippen LogP contribution is 2.29. The summed E-state index contributed by atoms with van der Waals surface area (Å²) in [6.45, 7) is 0.322. The van der Waals surface area contributed by atoms with Crippen molar-refractivity contribution in [2.75, 3.05) is 7.11 Å². The van der Waals surface area contributed by atoms with E-state index in [-0.39, 0.29) is 0 Å². The Morgan fingerprint density at radius 3 is 2.73 bits per heavy atom. The van der Waals surface area contributed by atoms with Gasteiger partial charge in [0.15, 0.2) is 5.76 Å². The second kappa shape index (κ2) is 6.97. The second-order valence-corrected chi connectivity index (χ2v) is 5.97. The van der Waals surface area contributed by atoms with E-state index in [1.807, 2.05) is 42.5 Å². The van der Waals surface area contributed by atoms with Gasteiger partial charge in [-0.2, -0.15) is 4.80 Å². The van der Waals surface area contributed by atoms with Crippen molar-refractivity contribution in [3.63, 3.8) is 0 Å². The van der Waals surface area contributed by atoms with Crippen molar-refractivity contribution in [1.29, 1.82) is 0 Å². The minimum Gasteiger partial charge on any atom is -0.496 e. The van der Waals surface area contributed by atoms with Crippen molar-refractivity contribution < 1.29 is 9.26 Å².